The van der Waals surface area contributed by atoms with Gasteiger partial charge in [-0.25, -0.2) is 4.98 Å². The van der Waals surface area contributed by atoms with Crippen LogP contribution in [0.5, 0.6) is 0 Å². The van der Waals surface area contributed by atoms with Crippen molar-refractivity contribution in [3.05, 3.63) is 82.8 Å². The van der Waals surface area contributed by atoms with E-state index in [2.05, 4.69) is 80.8 Å². The zero-order valence-electron chi connectivity index (χ0n) is 22.6. The number of anilines is 3. The Morgan fingerprint density at radius 3 is 2.41 bits per heavy atom. The monoisotopic (exact) mass is 585 g/mol. The molecule has 2 fully saturated rings. The van der Waals surface area contributed by atoms with Crippen molar-refractivity contribution >= 4 is 40.7 Å². The third-order valence-electron chi connectivity index (χ3n) is 7.45. The lowest BCUT2D eigenvalue weighted by Gasteiger charge is -2.29. The number of hydrogen-bond donors (Lipinski definition) is 2. The number of ether oxygens (including phenoxy) is 2. The number of fused-ring (bicyclic) bond motifs is 2. The van der Waals surface area contributed by atoms with Crippen molar-refractivity contribution in [3.63, 3.8) is 0 Å². The topological polar surface area (TPSA) is 82.7 Å². The number of morpholine rings is 2. The Hall–Kier alpha value is -3.44. The molecular weight excluding hydrogens is 555 g/mol. The number of rotatable bonds is 6. The molecule has 5 heterocycles. The molecule has 0 atom stereocenters. The fourth-order valence-electron chi connectivity index (χ4n) is 5.33. The van der Waals surface area contributed by atoms with Gasteiger partial charge in [-0.2, -0.15) is 0 Å². The minimum Gasteiger partial charge on any atom is -0.379 e. The number of nitrogens with one attached hydrogen (secondary N) is 2. The molecule has 2 N–H and O–H groups in total. The second kappa shape index (κ2) is 11.8. The van der Waals surface area contributed by atoms with Crippen LogP contribution in [0.2, 0.25) is 0 Å². The Morgan fingerprint density at radius 2 is 1.59 bits per heavy atom. The molecule has 0 radical (unpaired) electrons. The second-order valence-electron chi connectivity index (χ2n) is 10.2. The van der Waals surface area contributed by atoms with Crippen molar-refractivity contribution in [2.75, 3.05) is 67.7 Å². The molecule has 0 bridgehead atoms. The molecule has 2 aromatic heterocycles. The van der Waals surface area contributed by atoms with E-state index in [1.54, 1.807) is 29.6 Å². The SMILES string of the molecule is O=c1cc(N2CCOCC2)cc(-c2cccc3c2Sc2ccc(NCc4cccc(N5CCOCC5)n4)cc2S3)[nH]1. The summed E-state index contributed by atoms with van der Waals surface area (Å²) in [6.07, 6.45) is 0. The summed E-state index contributed by atoms with van der Waals surface area (Å²) >= 11 is 3.53. The van der Waals surface area contributed by atoms with Crippen LogP contribution in [0.15, 0.2) is 91.1 Å². The van der Waals surface area contributed by atoms with Crippen molar-refractivity contribution in [2.45, 2.75) is 26.1 Å². The lowest BCUT2D eigenvalue weighted by Crippen LogP contribution is -2.36. The van der Waals surface area contributed by atoms with Crippen LogP contribution in [0.3, 0.4) is 0 Å². The van der Waals surface area contributed by atoms with Gasteiger partial charge in [-0.3, -0.25) is 4.79 Å². The van der Waals surface area contributed by atoms with Gasteiger partial charge in [0.1, 0.15) is 5.82 Å². The fourth-order valence-corrected chi connectivity index (χ4v) is 7.74. The molecule has 8 nitrogen and oxygen atoms in total. The van der Waals surface area contributed by atoms with E-state index in [1.165, 1.54) is 19.6 Å². The second-order valence-corrected chi connectivity index (χ2v) is 12.3. The molecule has 3 aliphatic heterocycles. The van der Waals surface area contributed by atoms with E-state index in [0.717, 1.165) is 73.5 Å². The molecule has 0 saturated carbocycles. The fraction of sp³-hybridized carbons (Fsp3) is 0.290. The predicted molar refractivity (Wildman–Crippen MR) is 165 cm³/mol. The van der Waals surface area contributed by atoms with Crippen LogP contribution in [0.25, 0.3) is 11.3 Å². The molecule has 2 saturated heterocycles. The third-order valence-corrected chi connectivity index (χ3v) is 10.0. The van der Waals surface area contributed by atoms with Crippen LogP contribution in [-0.2, 0) is 16.0 Å². The number of hydrogen-bond acceptors (Lipinski definition) is 9. The van der Waals surface area contributed by atoms with Gasteiger partial charge in [-0.15, -0.1) is 0 Å². The van der Waals surface area contributed by atoms with Gasteiger partial charge in [0.2, 0.25) is 5.56 Å². The zero-order chi connectivity index (χ0) is 27.6. The maximum Gasteiger partial charge on any atom is 0.250 e. The summed E-state index contributed by atoms with van der Waals surface area (Å²) in [5.41, 5.74) is 4.83. The third kappa shape index (κ3) is 5.83. The normalized spacial score (nSPS) is 16.7. The summed E-state index contributed by atoms with van der Waals surface area (Å²) in [5.74, 6) is 1.01. The smallest absolute Gasteiger partial charge is 0.250 e. The lowest BCUT2D eigenvalue weighted by atomic mass is 10.1. The molecule has 0 amide bonds. The van der Waals surface area contributed by atoms with Gasteiger partial charge in [0.05, 0.1) is 44.4 Å². The van der Waals surface area contributed by atoms with Gasteiger partial charge in [0, 0.05) is 68.8 Å². The Kier molecular flexibility index (Phi) is 7.62. The summed E-state index contributed by atoms with van der Waals surface area (Å²) in [6, 6.07) is 22.8. The average molecular weight is 586 g/mol. The molecule has 2 aromatic carbocycles. The number of H-pyrrole nitrogens is 1. The van der Waals surface area contributed by atoms with Crippen LogP contribution in [0, 0.1) is 0 Å². The first-order chi connectivity index (χ1) is 20.2. The number of aromatic amines is 1. The Bertz CT molecular complexity index is 1620. The highest BCUT2D eigenvalue weighted by molar-refractivity contribution is 8.05. The van der Waals surface area contributed by atoms with Crippen LogP contribution in [0.4, 0.5) is 17.2 Å². The first-order valence-corrected chi connectivity index (χ1v) is 15.6. The Labute approximate surface area is 247 Å². The Balaban J connectivity index is 1.09. The number of pyridine rings is 2. The van der Waals surface area contributed by atoms with Crippen LogP contribution >= 0.6 is 23.5 Å². The highest BCUT2D eigenvalue weighted by atomic mass is 32.2. The molecule has 3 aliphatic rings. The molecule has 0 aliphatic carbocycles. The van der Waals surface area contributed by atoms with E-state index in [9.17, 15) is 4.79 Å². The van der Waals surface area contributed by atoms with Crippen LogP contribution in [-0.4, -0.2) is 62.6 Å². The van der Waals surface area contributed by atoms with E-state index in [1.807, 2.05) is 0 Å². The van der Waals surface area contributed by atoms with Crippen molar-refractivity contribution in [3.8, 4) is 11.3 Å². The molecular formula is C31H31N5O3S2. The highest BCUT2D eigenvalue weighted by Crippen LogP contribution is 2.52. The first kappa shape index (κ1) is 26.5. The van der Waals surface area contributed by atoms with E-state index >= 15 is 0 Å². The van der Waals surface area contributed by atoms with Gasteiger partial charge in [-0.1, -0.05) is 41.7 Å². The average Bonchev–Trinajstić information content (AvgIpc) is 3.03. The van der Waals surface area contributed by atoms with Crippen molar-refractivity contribution in [1.29, 1.82) is 0 Å². The summed E-state index contributed by atoms with van der Waals surface area (Å²) in [5, 5.41) is 3.56. The molecule has 0 unspecified atom stereocenters. The minimum absolute atomic E-state index is 0.0869. The van der Waals surface area contributed by atoms with Crippen molar-refractivity contribution in [2.24, 2.45) is 0 Å². The quantitative estimate of drug-likeness (QED) is 0.275. The molecule has 7 rings (SSSR count). The summed E-state index contributed by atoms with van der Waals surface area (Å²) in [7, 11) is 0. The van der Waals surface area contributed by atoms with Crippen LogP contribution < -0.4 is 20.7 Å². The maximum atomic E-state index is 12.6. The Morgan fingerprint density at radius 1 is 0.805 bits per heavy atom. The summed E-state index contributed by atoms with van der Waals surface area (Å²) < 4.78 is 11.0. The van der Waals surface area contributed by atoms with Crippen molar-refractivity contribution < 1.29 is 9.47 Å². The van der Waals surface area contributed by atoms with Gasteiger partial charge < -0.3 is 29.6 Å². The number of benzene rings is 2. The standard InChI is InChI=1S/C31H31N5O3S2/c37-30-19-23(35-9-13-38-14-10-35)18-25(34-30)24-4-2-5-27-31(24)41-26-8-7-21(17-28(26)40-27)32-20-22-3-1-6-29(33-22)36-11-15-39-16-12-36/h1-8,17-19,32H,9-16,20H2,(H,34,37). The largest absolute Gasteiger partial charge is 0.379 e. The van der Waals surface area contributed by atoms with E-state index in [4.69, 9.17) is 14.5 Å². The zero-order valence-corrected chi connectivity index (χ0v) is 24.2. The molecule has 210 valence electrons. The molecule has 4 aromatic rings. The van der Waals surface area contributed by atoms with E-state index in [0.29, 0.717) is 19.8 Å². The van der Waals surface area contributed by atoms with Gasteiger partial charge in [0.25, 0.3) is 0 Å². The van der Waals surface area contributed by atoms with Gasteiger partial charge in [0.15, 0.2) is 0 Å². The molecule has 10 heteroatoms. The molecule has 41 heavy (non-hydrogen) atoms. The molecule has 0 spiro atoms. The van der Waals surface area contributed by atoms with Crippen LogP contribution in [0.1, 0.15) is 5.69 Å². The van der Waals surface area contributed by atoms with Gasteiger partial charge >= 0.3 is 0 Å². The highest BCUT2D eigenvalue weighted by Gasteiger charge is 2.22. The minimum atomic E-state index is -0.0869. The van der Waals surface area contributed by atoms with E-state index in [-0.39, 0.29) is 5.56 Å². The lowest BCUT2D eigenvalue weighted by molar-refractivity contribution is 0.122. The van der Waals surface area contributed by atoms with E-state index < -0.39 is 0 Å². The first-order valence-electron chi connectivity index (χ1n) is 13.9. The van der Waals surface area contributed by atoms with Crippen molar-refractivity contribution in [1.82, 2.24) is 9.97 Å². The predicted octanol–water partition coefficient (Wildman–Crippen LogP) is 5.34. The number of aromatic nitrogens is 2. The maximum absolute atomic E-state index is 12.6. The summed E-state index contributed by atoms with van der Waals surface area (Å²) in [4.78, 5) is 29.9. The van der Waals surface area contributed by atoms with Gasteiger partial charge in [-0.05, 0) is 42.5 Å². The summed E-state index contributed by atoms with van der Waals surface area (Å²) in [6.45, 7) is 6.85. The number of nitrogens with zero attached hydrogens (tertiary/aromatic N) is 3.